The second kappa shape index (κ2) is 5.90. The van der Waals surface area contributed by atoms with Crippen LogP contribution in [0.1, 0.15) is 37.9 Å². The molecule has 0 fully saturated rings. The van der Waals surface area contributed by atoms with Crippen LogP contribution in [0.15, 0.2) is 11.1 Å². The number of aliphatic hydroxyl groups is 1. The van der Waals surface area contributed by atoms with Crippen LogP contribution in [0, 0.1) is 0 Å². The summed E-state index contributed by atoms with van der Waals surface area (Å²) in [6, 6.07) is 0. The Bertz CT molecular complexity index is 795. The van der Waals surface area contributed by atoms with Crippen molar-refractivity contribution in [3.8, 4) is 0 Å². The molecule has 21 heavy (non-hydrogen) atoms. The maximum atomic E-state index is 12.6. The van der Waals surface area contributed by atoms with Crippen molar-refractivity contribution in [3.05, 3.63) is 33.0 Å². The number of aliphatic carboxylic acids is 1. The number of hydrogen-bond donors (Lipinski definition) is 2. The molecule has 2 aromatic heterocycles. The number of carbonyl (C=O) groups is 1. The van der Waals surface area contributed by atoms with Crippen LogP contribution in [0.2, 0.25) is 0 Å². The van der Waals surface area contributed by atoms with Crippen LogP contribution in [0.25, 0.3) is 11.4 Å². The Labute approximate surface area is 120 Å². The summed E-state index contributed by atoms with van der Waals surface area (Å²) in [5, 5.41) is 23.0. The zero-order valence-corrected chi connectivity index (χ0v) is 12.0. The second-order valence-corrected chi connectivity index (χ2v) is 4.67. The summed E-state index contributed by atoms with van der Waals surface area (Å²) in [5.74, 6) is -1.29. The minimum absolute atomic E-state index is 0.0581. The summed E-state index contributed by atoms with van der Waals surface area (Å²) in [6.07, 6.45) is 2.09. The molecule has 2 heterocycles. The number of carboxylic acid groups (broad SMARTS) is 1. The summed E-state index contributed by atoms with van der Waals surface area (Å²) in [4.78, 5) is 27.2. The van der Waals surface area contributed by atoms with Crippen LogP contribution in [0.3, 0.4) is 0 Å². The average molecular weight is 291 g/mol. The first-order valence-corrected chi connectivity index (χ1v) is 6.82. The summed E-state index contributed by atoms with van der Waals surface area (Å²) >= 11 is 0. The maximum Gasteiger partial charge on any atom is 0.303 e. The van der Waals surface area contributed by atoms with E-state index in [0.717, 1.165) is 5.69 Å². The van der Waals surface area contributed by atoms with Gasteiger partial charge >= 0.3 is 5.97 Å². The standard InChI is InChI=1S/C14H17N3O4/c1-3-8-9(4-2)17-14(15-7-16-17)12(13(8)21)10(18)5-6-11(19)20/h7,18H,3-6H2,1-2H3,(H,19,20)/b12-10-. The van der Waals surface area contributed by atoms with E-state index < -0.39 is 5.97 Å². The monoisotopic (exact) mass is 291 g/mol. The number of rotatable bonds is 5. The van der Waals surface area contributed by atoms with Crippen LogP contribution in [0.4, 0.5) is 0 Å². The smallest absolute Gasteiger partial charge is 0.303 e. The van der Waals surface area contributed by atoms with Crippen molar-refractivity contribution in [3.63, 3.8) is 0 Å². The molecular weight excluding hydrogens is 274 g/mol. The van der Waals surface area contributed by atoms with Crippen LogP contribution in [-0.2, 0) is 17.6 Å². The number of aromatic nitrogens is 3. The Balaban J connectivity index is 2.83. The largest absolute Gasteiger partial charge is 0.511 e. The molecule has 0 aliphatic rings. The van der Waals surface area contributed by atoms with Gasteiger partial charge in [-0.05, 0) is 12.8 Å². The third-order valence-corrected chi connectivity index (χ3v) is 3.43. The zero-order chi connectivity index (χ0) is 15.6. The zero-order valence-electron chi connectivity index (χ0n) is 12.0. The Morgan fingerprint density at radius 2 is 1.95 bits per heavy atom. The van der Waals surface area contributed by atoms with Gasteiger partial charge in [-0.15, -0.1) is 0 Å². The van der Waals surface area contributed by atoms with E-state index in [0.29, 0.717) is 18.4 Å². The lowest BCUT2D eigenvalue weighted by Crippen LogP contribution is -2.35. The van der Waals surface area contributed by atoms with Crippen LogP contribution >= 0.6 is 0 Å². The van der Waals surface area contributed by atoms with Gasteiger partial charge in [0, 0.05) is 12.0 Å². The van der Waals surface area contributed by atoms with E-state index in [4.69, 9.17) is 5.11 Å². The molecule has 0 atom stereocenters. The molecule has 7 heteroatoms. The lowest BCUT2D eigenvalue weighted by atomic mass is 10.1. The highest BCUT2D eigenvalue weighted by Gasteiger charge is 2.16. The molecule has 0 saturated heterocycles. The van der Waals surface area contributed by atoms with Gasteiger partial charge in [0.15, 0.2) is 11.1 Å². The average Bonchev–Trinajstić information content (AvgIpc) is 2.91. The SMILES string of the molecule is CCc1c(CC)n2ncnc2/c(=C(\O)CCC(=O)O)c1=O. The minimum atomic E-state index is -1.03. The van der Waals surface area contributed by atoms with Crippen molar-refractivity contribution in [2.75, 3.05) is 0 Å². The number of hydrogen-bond acceptors (Lipinski definition) is 5. The fourth-order valence-electron chi connectivity index (χ4n) is 2.46. The lowest BCUT2D eigenvalue weighted by molar-refractivity contribution is -0.136. The van der Waals surface area contributed by atoms with Crippen molar-refractivity contribution in [1.82, 2.24) is 14.6 Å². The number of fused-ring (bicyclic) bond motifs is 1. The van der Waals surface area contributed by atoms with Crippen molar-refractivity contribution < 1.29 is 15.0 Å². The summed E-state index contributed by atoms with van der Waals surface area (Å²) < 4.78 is 1.55. The van der Waals surface area contributed by atoms with Crippen molar-refractivity contribution >= 4 is 17.4 Å². The molecule has 0 spiro atoms. The minimum Gasteiger partial charge on any atom is -0.511 e. The molecule has 0 amide bonds. The van der Waals surface area contributed by atoms with E-state index in [2.05, 4.69) is 10.1 Å². The van der Waals surface area contributed by atoms with Gasteiger partial charge in [-0.25, -0.2) is 9.50 Å². The molecule has 2 N–H and O–H groups in total. The molecule has 0 bridgehead atoms. The van der Waals surface area contributed by atoms with Crippen LogP contribution in [-0.4, -0.2) is 30.8 Å². The lowest BCUT2D eigenvalue weighted by Gasteiger charge is -2.08. The Hall–Kier alpha value is -2.44. The third kappa shape index (κ3) is 2.58. The van der Waals surface area contributed by atoms with E-state index in [1.54, 1.807) is 4.52 Å². The van der Waals surface area contributed by atoms with Gasteiger partial charge in [-0.2, -0.15) is 5.10 Å². The first-order chi connectivity index (χ1) is 10.0. The molecule has 0 unspecified atom stereocenters. The molecule has 112 valence electrons. The first kappa shape index (κ1) is 15.0. The van der Waals surface area contributed by atoms with E-state index >= 15 is 0 Å². The molecular formula is C14H17N3O4. The van der Waals surface area contributed by atoms with Gasteiger partial charge in [-0.1, -0.05) is 13.8 Å². The summed E-state index contributed by atoms with van der Waals surface area (Å²) in [5.41, 5.74) is 1.33. The van der Waals surface area contributed by atoms with Gasteiger partial charge in [0.25, 0.3) is 0 Å². The molecule has 0 saturated carbocycles. The Kier molecular flexibility index (Phi) is 4.21. The van der Waals surface area contributed by atoms with E-state index in [9.17, 15) is 14.7 Å². The topological polar surface area (TPSA) is 105 Å². The fraction of sp³-hybridized carbons (Fsp3) is 0.429. The third-order valence-electron chi connectivity index (χ3n) is 3.43. The van der Waals surface area contributed by atoms with Crippen molar-refractivity contribution in [1.29, 1.82) is 0 Å². The predicted molar refractivity (Wildman–Crippen MR) is 76.1 cm³/mol. The molecule has 0 aromatic carbocycles. The highest BCUT2D eigenvalue weighted by Crippen LogP contribution is 2.08. The molecule has 0 aliphatic heterocycles. The highest BCUT2D eigenvalue weighted by molar-refractivity contribution is 5.68. The second-order valence-electron chi connectivity index (χ2n) is 4.67. The van der Waals surface area contributed by atoms with Crippen molar-refractivity contribution in [2.24, 2.45) is 0 Å². The molecule has 0 aliphatic carbocycles. The van der Waals surface area contributed by atoms with E-state index in [1.165, 1.54) is 6.33 Å². The summed E-state index contributed by atoms with van der Waals surface area (Å²) in [6.45, 7) is 3.78. The van der Waals surface area contributed by atoms with Crippen molar-refractivity contribution in [2.45, 2.75) is 39.5 Å². The summed E-state index contributed by atoms with van der Waals surface area (Å²) in [7, 11) is 0. The van der Waals surface area contributed by atoms with Gasteiger partial charge in [0.2, 0.25) is 0 Å². The number of carboxylic acids is 1. The normalized spacial score (nSPS) is 12.7. The Morgan fingerprint density at radius 1 is 1.24 bits per heavy atom. The van der Waals surface area contributed by atoms with E-state index in [1.807, 2.05) is 13.8 Å². The first-order valence-electron chi connectivity index (χ1n) is 6.82. The number of aryl methyl sites for hydroxylation is 1. The molecule has 2 rings (SSSR count). The van der Waals surface area contributed by atoms with Gasteiger partial charge < -0.3 is 10.2 Å². The number of nitrogens with zero attached hydrogens (tertiary/aromatic N) is 3. The maximum absolute atomic E-state index is 12.6. The van der Waals surface area contributed by atoms with Crippen LogP contribution in [0.5, 0.6) is 0 Å². The molecule has 2 aromatic rings. The van der Waals surface area contributed by atoms with Gasteiger partial charge in [0.05, 0.1) is 12.1 Å². The van der Waals surface area contributed by atoms with Gasteiger partial charge in [0.1, 0.15) is 17.3 Å². The van der Waals surface area contributed by atoms with Gasteiger partial charge in [-0.3, -0.25) is 9.59 Å². The number of aliphatic hydroxyl groups excluding tert-OH is 1. The predicted octanol–water partition coefficient (Wildman–Crippen LogP) is 0.464. The quantitative estimate of drug-likeness (QED) is 0.829. The van der Waals surface area contributed by atoms with Crippen LogP contribution < -0.4 is 10.6 Å². The molecule has 0 radical (unpaired) electrons. The number of pyridine rings is 1. The fourth-order valence-corrected chi connectivity index (χ4v) is 2.46. The Morgan fingerprint density at radius 3 is 2.52 bits per heavy atom. The van der Waals surface area contributed by atoms with E-state index in [-0.39, 0.29) is 34.9 Å². The molecule has 7 nitrogen and oxygen atoms in total. The highest BCUT2D eigenvalue weighted by atomic mass is 16.4.